The minimum absolute atomic E-state index is 0.114. The second-order valence-electron chi connectivity index (χ2n) is 5.05. The highest BCUT2D eigenvalue weighted by Crippen LogP contribution is 2.21. The first-order valence-electron chi connectivity index (χ1n) is 6.72. The molecule has 0 aromatic carbocycles. The van der Waals surface area contributed by atoms with Gasteiger partial charge in [0, 0.05) is 24.0 Å². The van der Waals surface area contributed by atoms with Crippen LogP contribution in [0.15, 0.2) is 26.6 Å². The van der Waals surface area contributed by atoms with Gasteiger partial charge in [-0.25, -0.2) is 4.98 Å². The summed E-state index contributed by atoms with van der Waals surface area (Å²) < 4.78 is 2.23. The lowest BCUT2D eigenvalue weighted by molar-refractivity contribution is 0.317. The summed E-state index contributed by atoms with van der Waals surface area (Å²) in [6.07, 6.45) is 1.95. The van der Waals surface area contributed by atoms with E-state index in [0.29, 0.717) is 11.5 Å². The van der Waals surface area contributed by atoms with Crippen LogP contribution >= 0.6 is 34.4 Å². The van der Waals surface area contributed by atoms with Crippen molar-refractivity contribution in [2.75, 3.05) is 13.3 Å². The molecule has 0 saturated heterocycles. The molecule has 0 fully saturated rings. The summed E-state index contributed by atoms with van der Waals surface area (Å²) in [6, 6.07) is 3.71. The van der Waals surface area contributed by atoms with Crippen molar-refractivity contribution in [2.45, 2.75) is 24.4 Å². The van der Waals surface area contributed by atoms with Crippen molar-refractivity contribution in [2.24, 2.45) is 0 Å². The van der Waals surface area contributed by atoms with Gasteiger partial charge >= 0.3 is 0 Å². The van der Waals surface area contributed by atoms with Gasteiger partial charge in [-0.15, -0.1) is 16.4 Å². The third kappa shape index (κ3) is 3.24. The lowest BCUT2D eigenvalue weighted by Crippen LogP contribution is -2.21. The van der Waals surface area contributed by atoms with Crippen LogP contribution in [0.1, 0.15) is 16.1 Å². The number of aromatic nitrogens is 3. The summed E-state index contributed by atoms with van der Waals surface area (Å²) in [5.41, 5.74) is 1.99. The molecule has 8 heteroatoms. The van der Waals surface area contributed by atoms with Gasteiger partial charge in [-0.2, -0.15) is 4.52 Å². The molecule has 5 nitrogen and oxygen atoms in total. The number of fused-ring (bicyclic) bond motifs is 1. The Morgan fingerprint density at radius 3 is 2.91 bits per heavy atom. The first-order chi connectivity index (χ1) is 10.6. The molecule has 0 unspecified atom stereocenters. The maximum Gasteiger partial charge on any atom is 0.275 e. The van der Waals surface area contributed by atoms with E-state index in [0.717, 1.165) is 16.6 Å². The molecule has 3 rings (SSSR count). The number of aryl methyl sites for hydroxylation is 1. The Morgan fingerprint density at radius 1 is 1.41 bits per heavy atom. The van der Waals surface area contributed by atoms with Crippen molar-refractivity contribution in [1.29, 1.82) is 0 Å². The van der Waals surface area contributed by atoms with E-state index in [9.17, 15) is 4.79 Å². The molecule has 0 atom stereocenters. The van der Waals surface area contributed by atoms with Crippen LogP contribution in [0.4, 0.5) is 0 Å². The van der Waals surface area contributed by atoms with Crippen LogP contribution in [0.3, 0.4) is 0 Å². The summed E-state index contributed by atoms with van der Waals surface area (Å²) >= 11 is 4.74. The third-order valence-electron chi connectivity index (χ3n) is 3.27. The maximum absolute atomic E-state index is 12.1. The molecule has 0 N–H and O–H groups in total. The molecule has 0 spiro atoms. The highest BCUT2D eigenvalue weighted by Gasteiger charge is 2.11. The van der Waals surface area contributed by atoms with Crippen LogP contribution in [0.25, 0.3) is 4.96 Å². The van der Waals surface area contributed by atoms with Gasteiger partial charge in [-0.1, -0.05) is 23.1 Å². The number of hydrogen-bond acceptors (Lipinski definition) is 7. The normalized spacial score (nSPS) is 11.6. The predicted molar refractivity (Wildman–Crippen MR) is 93.1 cm³/mol. The van der Waals surface area contributed by atoms with Gasteiger partial charge in [0.05, 0.1) is 5.69 Å². The summed E-state index contributed by atoms with van der Waals surface area (Å²) in [5, 5.41) is 6.34. The molecule has 0 aliphatic rings. The highest BCUT2D eigenvalue weighted by molar-refractivity contribution is 8.00. The van der Waals surface area contributed by atoms with E-state index in [1.54, 1.807) is 17.4 Å². The zero-order chi connectivity index (χ0) is 15.7. The maximum atomic E-state index is 12.1. The van der Waals surface area contributed by atoms with Gasteiger partial charge < -0.3 is 0 Å². The number of thioether (sulfide) groups is 1. The summed E-state index contributed by atoms with van der Waals surface area (Å²) in [7, 11) is 2.04. The van der Waals surface area contributed by atoms with E-state index in [2.05, 4.69) is 33.4 Å². The fourth-order valence-corrected chi connectivity index (χ4v) is 4.51. The molecule has 3 aromatic rings. The molecular formula is C14H16N4OS3. The molecule has 0 aliphatic heterocycles. The Balaban J connectivity index is 1.81. The van der Waals surface area contributed by atoms with E-state index in [1.165, 1.54) is 38.1 Å². The van der Waals surface area contributed by atoms with Crippen molar-refractivity contribution in [3.8, 4) is 0 Å². The fraction of sp³-hybridized carbons (Fsp3) is 0.357. The van der Waals surface area contributed by atoms with E-state index in [4.69, 9.17) is 0 Å². The standard InChI is InChI=1S/C14H16N4OS3/c1-9-4-5-21-11(9)8-17(2)7-10-6-12(19)18-13(15-10)22-14(16-18)20-3/h4-6H,7-8H2,1-3H3. The zero-order valence-corrected chi connectivity index (χ0v) is 15.0. The van der Waals surface area contributed by atoms with Crippen LogP contribution in [-0.4, -0.2) is 32.8 Å². The summed E-state index contributed by atoms with van der Waals surface area (Å²) in [5.74, 6) is 0. The van der Waals surface area contributed by atoms with Crippen LogP contribution in [0.5, 0.6) is 0 Å². The Kier molecular flexibility index (Phi) is 4.62. The lowest BCUT2D eigenvalue weighted by Gasteiger charge is -2.15. The van der Waals surface area contributed by atoms with Gasteiger partial charge in [-0.05, 0) is 37.2 Å². The molecule has 0 radical (unpaired) electrons. The van der Waals surface area contributed by atoms with Crippen molar-refractivity contribution in [3.63, 3.8) is 0 Å². The zero-order valence-electron chi connectivity index (χ0n) is 12.6. The topological polar surface area (TPSA) is 50.5 Å². The third-order valence-corrected chi connectivity index (χ3v) is 6.16. The molecule has 0 aliphatic carbocycles. The van der Waals surface area contributed by atoms with Crippen LogP contribution in [0, 0.1) is 6.92 Å². The molecule has 3 aromatic heterocycles. The van der Waals surface area contributed by atoms with E-state index >= 15 is 0 Å². The van der Waals surface area contributed by atoms with E-state index < -0.39 is 0 Å². The molecule has 0 saturated carbocycles. The molecular weight excluding hydrogens is 336 g/mol. The number of thiophene rings is 1. The molecule has 0 bridgehead atoms. The van der Waals surface area contributed by atoms with Crippen LogP contribution in [-0.2, 0) is 13.1 Å². The molecule has 3 heterocycles. The lowest BCUT2D eigenvalue weighted by atomic mass is 10.3. The van der Waals surface area contributed by atoms with Gasteiger partial charge in [0.2, 0.25) is 4.96 Å². The van der Waals surface area contributed by atoms with Crippen molar-refractivity contribution in [1.82, 2.24) is 19.5 Å². The number of nitrogens with zero attached hydrogens (tertiary/aromatic N) is 4. The van der Waals surface area contributed by atoms with Gasteiger partial charge in [0.1, 0.15) is 0 Å². The SMILES string of the molecule is CSc1nn2c(=O)cc(CN(C)Cc3sccc3C)nc2s1. The average Bonchev–Trinajstić information content (AvgIpc) is 3.06. The fourth-order valence-electron chi connectivity index (χ4n) is 2.15. The highest BCUT2D eigenvalue weighted by atomic mass is 32.2. The monoisotopic (exact) mass is 352 g/mol. The summed E-state index contributed by atoms with van der Waals surface area (Å²) in [6.45, 7) is 3.64. The quantitative estimate of drug-likeness (QED) is 0.661. The predicted octanol–water partition coefficient (Wildman–Crippen LogP) is 2.87. The van der Waals surface area contributed by atoms with Crippen molar-refractivity contribution < 1.29 is 0 Å². The molecule has 0 amide bonds. The number of hydrogen-bond donors (Lipinski definition) is 0. The Bertz CT molecular complexity index is 851. The van der Waals surface area contributed by atoms with Gasteiger partial charge in [-0.3, -0.25) is 9.69 Å². The minimum Gasteiger partial charge on any atom is -0.295 e. The second kappa shape index (κ2) is 6.49. The van der Waals surface area contributed by atoms with Gasteiger partial charge in [0.25, 0.3) is 5.56 Å². The van der Waals surface area contributed by atoms with Gasteiger partial charge in [0.15, 0.2) is 4.34 Å². The molecule has 116 valence electrons. The molecule has 22 heavy (non-hydrogen) atoms. The average molecular weight is 353 g/mol. The Morgan fingerprint density at radius 2 is 2.23 bits per heavy atom. The van der Waals surface area contributed by atoms with E-state index in [1.807, 2.05) is 13.3 Å². The largest absolute Gasteiger partial charge is 0.295 e. The van der Waals surface area contributed by atoms with Crippen molar-refractivity contribution in [3.05, 3.63) is 44.0 Å². The first kappa shape index (κ1) is 15.7. The Labute approximate surface area is 140 Å². The summed E-state index contributed by atoms with van der Waals surface area (Å²) in [4.78, 5) is 20.9. The van der Waals surface area contributed by atoms with E-state index in [-0.39, 0.29) is 5.56 Å². The minimum atomic E-state index is -0.114. The van der Waals surface area contributed by atoms with Crippen molar-refractivity contribution >= 4 is 39.4 Å². The smallest absolute Gasteiger partial charge is 0.275 e. The second-order valence-corrected chi connectivity index (χ2v) is 8.06. The Hall–Kier alpha value is -1.22. The van der Waals surface area contributed by atoms with Crippen LogP contribution in [0.2, 0.25) is 0 Å². The number of rotatable bonds is 5. The first-order valence-corrected chi connectivity index (χ1v) is 9.64. The van der Waals surface area contributed by atoms with Crippen LogP contribution < -0.4 is 5.56 Å².